The van der Waals surface area contributed by atoms with Crippen LogP contribution >= 0.6 is 0 Å². The van der Waals surface area contributed by atoms with Gasteiger partial charge in [-0.25, -0.2) is 4.39 Å². The predicted molar refractivity (Wildman–Crippen MR) is 79.0 cm³/mol. The van der Waals surface area contributed by atoms with Gasteiger partial charge in [-0.05, 0) is 36.2 Å². The molecule has 3 nitrogen and oxygen atoms in total. The van der Waals surface area contributed by atoms with E-state index in [-0.39, 0.29) is 12.4 Å². The van der Waals surface area contributed by atoms with E-state index >= 15 is 0 Å². The molecular weight excluding hydrogens is 271 g/mol. The molecule has 0 radical (unpaired) electrons. The molecule has 0 spiro atoms. The summed E-state index contributed by atoms with van der Waals surface area (Å²) in [5.74, 6) is 0.763. The minimum atomic E-state index is -0.460. The first-order valence-corrected chi connectivity index (χ1v) is 6.87. The third kappa shape index (κ3) is 3.95. The normalized spacial score (nSPS) is 12.0. The molecule has 21 heavy (non-hydrogen) atoms. The van der Waals surface area contributed by atoms with Crippen molar-refractivity contribution >= 4 is 0 Å². The predicted octanol–water partition coefficient (Wildman–Crippen LogP) is 3.86. The number of hydrogen-bond acceptors (Lipinski definition) is 3. The maximum absolute atomic E-state index is 13.8. The lowest BCUT2D eigenvalue weighted by molar-refractivity contribution is 0.173. The van der Waals surface area contributed by atoms with Gasteiger partial charge in [-0.1, -0.05) is 19.1 Å². The Morgan fingerprint density at radius 2 is 1.76 bits per heavy atom. The van der Waals surface area contributed by atoms with Crippen LogP contribution in [0.4, 0.5) is 4.39 Å². The molecule has 112 valence electrons. The number of methoxy groups -OCH3 is 1. The van der Waals surface area contributed by atoms with Crippen LogP contribution in [-0.4, -0.2) is 12.2 Å². The fourth-order valence-corrected chi connectivity index (χ4v) is 1.96. The number of benzene rings is 2. The maximum Gasteiger partial charge on any atom is 0.133 e. The van der Waals surface area contributed by atoms with Crippen molar-refractivity contribution in [3.63, 3.8) is 0 Å². The summed E-state index contributed by atoms with van der Waals surface area (Å²) in [7, 11) is 1.50. The van der Waals surface area contributed by atoms with Crippen LogP contribution in [0.15, 0.2) is 42.5 Å². The van der Waals surface area contributed by atoms with Crippen LogP contribution in [0, 0.1) is 5.82 Å². The number of aliphatic hydroxyl groups excluding tert-OH is 1. The summed E-state index contributed by atoms with van der Waals surface area (Å²) in [6.45, 7) is 2.06. The molecule has 0 saturated carbocycles. The van der Waals surface area contributed by atoms with Gasteiger partial charge < -0.3 is 14.6 Å². The number of hydrogen-bond donors (Lipinski definition) is 1. The number of rotatable bonds is 6. The van der Waals surface area contributed by atoms with E-state index in [0.717, 1.165) is 5.56 Å². The first-order chi connectivity index (χ1) is 10.1. The Hall–Kier alpha value is -2.07. The van der Waals surface area contributed by atoms with Gasteiger partial charge >= 0.3 is 0 Å². The zero-order valence-electron chi connectivity index (χ0n) is 12.2. The number of ether oxygens (including phenoxy) is 2. The molecular formula is C17H19FO3. The maximum atomic E-state index is 13.8. The first kappa shape index (κ1) is 15.3. The summed E-state index contributed by atoms with van der Waals surface area (Å²) in [6.07, 6.45) is 0.204. The van der Waals surface area contributed by atoms with E-state index < -0.39 is 6.10 Å². The van der Waals surface area contributed by atoms with Crippen molar-refractivity contribution in [3.05, 3.63) is 59.4 Å². The van der Waals surface area contributed by atoms with Crippen LogP contribution in [0.1, 0.15) is 30.6 Å². The molecule has 0 heterocycles. The van der Waals surface area contributed by atoms with Crippen molar-refractivity contribution in [2.45, 2.75) is 26.1 Å². The number of halogens is 1. The summed E-state index contributed by atoms with van der Waals surface area (Å²) in [5, 5.41) is 9.71. The highest BCUT2D eigenvalue weighted by Crippen LogP contribution is 2.22. The van der Waals surface area contributed by atoms with Gasteiger partial charge in [0.25, 0.3) is 0 Å². The van der Waals surface area contributed by atoms with E-state index in [0.29, 0.717) is 23.5 Å². The van der Waals surface area contributed by atoms with Crippen molar-refractivity contribution in [3.8, 4) is 11.5 Å². The molecule has 4 heteroatoms. The van der Waals surface area contributed by atoms with E-state index in [1.807, 2.05) is 19.1 Å². The Kier molecular flexibility index (Phi) is 5.17. The highest BCUT2D eigenvalue weighted by molar-refractivity contribution is 5.31. The monoisotopic (exact) mass is 290 g/mol. The second-order valence-electron chi connectivity index (χ2n) is 4.74. The molecule has 1 N–H and O–H groups in total. The molecule has 0 aliphatic carbocycles. The lowest BCUT2D eigenvalue weighted by atomic mass is 10.1. The average molecular weight is 290 g/mol. The third-order valence-electron chi connectivity index (χ3n) is 3.31. The van der Waals surface area contributed by atoms with Gasteiger partial charge in [0.05, 0.1) is 13.2 Å². The second kappa shape index (κ2) is 7.09. The Morgan fingerprint density at radius 3 is 2.33 bits per heavy atom. The Balaban J connectivity index is 1.99. The standard InChI is InChI=1S/C17H19FO3/c1-3-17(19)12-4-7-14(8-5-12)21-11-13-6-9-15(20-2)10-16(13)18/h4-10,17,19H,3,11H2,1-2H3/t17-/m1/s1. The van der Waals surface area contributed by atoms with Gasteiger partial charge in [0.2, 0.25) is 0 Å². The zero-order valence-corrected chi connectivity index (χ0v) is 12.2. The summed E-state index contributed by atoms with van der Waals surface area (Å²) < 4.78 is 24.3. The molecule has 0 aliphatic heterocycles. The van der Waals surface area contributed by atoms with Gasteiger partial charge in [0.1, 0.15) is 23.9 Å². The fourth-order valence-electron chi connectivity index (χ4n) is 1.96. The lowest BCUT2D eigenvalue weighted by Crippen LogP contribution is -2.00. The highest BCUT2D eigenvalue weighted by atomic mass is 19.1. The molecule has 0 amide bonds. The van der Waals surface area contributed by atoms with Crippen molar-refractivity contribution in [2.75, 3.05) is 7.11 Å². The van der Waals surface area contributed by atoms with Gasteiger partial charge in [0.15, 0.2) is 0 Å². The quantitative estimate of drug-likeness (QED) is 0.878. The van der Waals surface area contributed by atoms with Crippen molar-refractivity contribution in [1.29, 1.82) is 0 Å². The molecule has 0 unspecified atom stereocenters. The summed E-state index contributed by atoms with van der Waals surface area (Å²) >= 11 is 0. The smallest absolute Gasteiger partial charge is 0.133 e. The Bertz CT molecular complexity index is 581. The Morgan fingerprint density at radius 1 is 1.10 bits per heavy atom. The molecule has 2 rings (SSSR count). The molecule has 2 aromatic carbocycles. The second-order valence-corrected chi connectivity index (χ2v) is 4.74. The van der Waals surface area contributed by atoms with Gasteiger partial charge in [-0.2, -0.15) is 0 Å². The van der Waals surface area contributed by atoms with Crippen LogP contribution in [-0.2, 0) is 6.61 Å². The van der Waals surface area contributed by atoms with Crippen LogP contribution < -0.4 is 9.47 Å². The molecule has 0 aromatic heterocycles. The molecule has 2 aromatic rings. The lowest BCUT2D eigenvalue weighted by Gasteiger charge is -2.11. The largest absolute Gasteiger partial charge is 0.497 e. The minimum Gasteiger partial charge on any atom is -0.497 e. The topological polar surface area (TPSA) is 38.7 Å². The van der Waals surface area contributed by atoms with Crippen LogP contribution in [0.5, 0.6) is 11.5 Å². The summed E-state index contributed by atoms with van der Waals surface area (Å²) in [4.78, 5) is 0. The fraction of sp³-hybridized carbons (Fsp3) is 0.294. The Labute approximate surface area is 124 Å². The van der Waals surface area contributed by atoms with Crippen LogP contribution in [0.3, 0.4) is 0 Å². The first-order valence-electron chi connectivity index (χ1n) is 6.87. The minimum absolute atomic E-state index is 0.144. The molecule has 0 bridgehead atoms. The van der Waals surface area contributed by atoms with E-state index in [9.17, 15) is 9.50 Å². The van der Waals surface area contributed by atoms with Gasteiger partial charge in [-0.3, -0.25) is 0 Å². The van der Waals surface area contributed by atoms with E-state index in [2.05, 4.69) is 0 Å². The zero-order chi connectivity index (χ0) is 15.2. The van der Waals surface area contributed by atoms with Gasteiger partial charge in [0, 0.05) is 11.6 Å². The molecule has 0 saturated heterocycles. The van der Waals surface area contributed by atoms with E-state index in [1.54, 1.807) is 24.3 Å². The average Bonchev–Trinajstić information content (AvgIpc) is 2.53. The highest BCUT2D eigenvalue weighted by Gasteiger charge is 2.07. The SMILES string of the molecule is CC[C@@H](O)c1ccc(OCc2ccc(OC)cc2F)cc1. The number of aliphatic hydroxyl groups is 1. The van der Waals surface area contributed by atoms with Crippen LogP contribution in [0.25, 0.3) is 0 Å². The van der Waals surface area contributed by atoms with E-state index in [4.69, 9.17) is 9.47 Å². The van der Waals surface area contributed by atoms with E-state index in [1.165, 1.54) is 13.2 Å². The summed E-state index contributed by atoms with van der Waals surface area (Å²) in [6, 6.07) is 11.8. The van der Waals surface area contributed by atoms with Crippen molar-refractivity contribution < 1.29 is 19.0 Å². The van der Waals surface area contributed by atoms with Crippen molar-refractivity contribution in [1.82, 2.24) is 0 Å². The molecule has 0 aliphatic rings. The molecule has 1 atom stereocenters. The van der Waals surface area contributed by atoms with Gasteiger partial charge in [-0.15, -0.1) is 0 Å². The summed E-state index contributed by atoms with van der Waals surface area (Å²) in [5.41, 5.74) is 1.31. The molecule has 0 fully saturated rings. The third-order valence-corrected chi connectivity index (χ3v) is 3.31. The van der Waals surface area contributed by atoms with Crippen molar-refractivity contribution in [2.24, 2.45) is 0 Å². The van der Waals surface area contributed by atoms with Crippen LogP contribution in [0.2, 0.25) is 0 Å².